The predicted molar refractivity (Wildman–Crippen MR) is 114 cm³/mol. The third-order valence-electron chi connectivity index (χ3n) is 4.96. The van der Waals surface area contributed by atoms with Crippen molar-refractivity contribution >= 4 is 54.5 Å². The van der Waals surface area contributed by atoms with Crippen LogP contribution < -0.4 is 0 Å². The summed E-state index contributed by atoms with van der Waals surface area (Å²) in [7, 11) is 0. The van der Waals surface area contributed by atoms with Gasteiger partial charge in [-0.25, -0.2) is 0 Å². The molecule has 1 amide bonds. The fourth-order valence-corrected chi connectivity index (χ4v) is 5.73. The van der Waals surface area contributed by atoms with Crippen LogP contribution in [-0.2, 0) is 4.74 Å². The summed E-state index contributed by atoms with van der Waals surface area (Å²) < 4.78 is 7.41. The van der Waals surface area contributed by atoms with Crippen LogP contribution in [0.4, 0.5) is 0 Å². The van der Waals surface area contributed by atoms with Gasteiger partial charge in [-0.15, -0.1) is 22.7 Å². The number of carbonyl (C=O) groups is 2. The van der Waals surface area contributed by atoms with Crippen LogP contribution in [0.2, 0.25) is 0 Å². The second-order valence-electron chi connectivity index (χ2n) is 6.68. The average Bonchev–Trinajstić information content (AvgIpc) is 3.35. The van der Waals surface area contributed by atoms with Crippen LogP contribution in [0.25, 0.3) is 20.2 Å². The van der Waals surface area contributed by atoms with Crippen molar-refractivity contribution in [1.29, 1.82) is 0 Å². The van der Waals surface area contributed by atoms with Gasteiger partial charge >= 0.3 is 0 Å². The first-order valence-corrected chi connectivity index (χ1v) is 10.8. The number of benzene rings is 2. The highest BCUT2D eigenvalue weighted by Gasteiger charge is 2.29. The van der Waals surface area contributed by atoms with Gasteiger partial charge in [0.15, 0.2) is 0 Å². The third-order valence-corrected chi connectivity index (χ3v) is 7.24. The number of hydrogen-bond donors (Lipinski definition) is 0. The molecule has 1 aliphatic rings. The molecule has 0 bridgehead atoms. The summed E-state index contributed by atoms with van der Waals surface area (Å²) in [4.78, 5) is 29.7. The highest BCUT2D eigenvalue weighted by molar-refractivity contribution is 7.22. The normalized spacial score (nSPS) is 14.6. The molecule has 0 atom stereocenters. The van der Waals surface area contributed by atoms with Crippen LogP contribution in [0.15, 0.2) is 54.6 Å². The Labute approximate surface area is 170 Å². The molecule has 3 heterocycles. The Balaban J connectivity index is 1.64. The minimum absolute atomic E-state index is 0.0738. The van der Waals surface area contributed by atoms with Crippen LogP contribution in [0.1, 0.15) is 24.9 Å². The lowest BCUT2D eigenvalue weighted by Crippen LogP contribution is -2.40. The predicted octanol–water partition coefficient (Wildman–Crippen LogP) is 4.82. The summed E-state index contributed by atoms with van der Waals surface area (Å²) in [5.74, 6) is -0.149. The first-order chi connectivity index (χ1) is 13.7. The monoisotopic (exact) mass is 407 g/mol. The first kappa shape index (κ1) is 17.6. The Hall–Kier alpha value is -2.54. The summed E-state index contributed by atoms with van der Waals surface area (Å²) in [5, 5.41) is 1.91. The quantitative estimate of drug-likeness (QED) is 0.458. The number of fused-ring (bicyclic) bond motifs is 2. The molecule has 0 unspecified atom stereocenters. The minimum atomic E-state index is -0.0750. The molecule has 6 heteroatoms. The lowest BCUT2D eigenvalue weighted by atomic mass is 10.0. The van der Waals surface area contributed by atoms with Gasteiger partial charge in [-0.1, -0.05) is 36.4 Å². The van der Waals surface area contributed by atoms with Crippen molar-refractivity contribution in [1.82, 2.24) is 4.90 Å². The molecule has 2 aromatic heterocycles. The van der Waals surface area contributed by atoms with Crippen LogP contribution in [0.3, 0.4) is 0 Å². The Morgan fingerprint density at radius 3 is 2.39 bits per heavy atom. The summed E-state index contributed by atoms with van der Waals surface area (Å²) in [6, 6.07) is 17.7. The van der Waals surface area contributed by atoms with E-state index in [1.54, 1.807) is 4.90 Å². The Morgan fingerprint density at radius 2 is 1.61 bits per heavy atom. The molecule has 2 aromatic carbocycles. The fourth-order valence-electron chi connectivity index (χ4n) is 3.55. The summed E-state index contributed by atoms with van der Waals surface area (Å²) in [6.07, 6.45) is 0. The minimum Gasteiger partial charge on any atom is -0.378 e. The van der Waals surface area contributed by atoms with Crippen LogP contribution >= 0.6 is 22.7 Å². The molecular formula is C22H17NO3S2. The molecule has 28 heavy (non-hydrogen) atoms. The van der Waals surface area contributed by atoms with Crippen LogP contribution in [0, 0.1) is 0 Å². The topological polar surface area (TPSA) is 46.6 Å². The number of nitrogens with zero attached hydrogens (tertiary/aromatic N) is 1. The van der Waals surface area contributed by atoms with Gasteiger partial charge in [0.05, 0.1) is 23.7 Å². The largest absolute Gasteiger partial charge is 0.378 e. The molecule has 5 rings (SSSR count). The average molecular weight is 408 g/mol. The van der Waals surface area contributed by atoms with Gasteiger partial charge in [-0.3, -0.25) is 9.59 Å². The van der Waals surface area contributed by atoms with Gasteiger partial charge in [0, 0.05) is 27.9 Å². The molecule has 0 radical (unpaired) electrons. The maximum absolute atomic E-state index is 13.5. The molecule has 4 aromatic rings. The highest BCUT2D eigenvalue weighted by atomic mass is 32.1. The molecular weight excluding hydrogens is 390 g/mol. The zero-order chi connectivity index (χ0) is 19.1. The van der Waals surface area contributed by atoms with E-state index in [0.29, 0.717) is 41.6 Å². The number of hydrogen-bond acceptors (Lipinski definition) is 5. The smallest absolute Gasteiger partial charge is 0.264 e. The number of rotatable bonds is 3. The zero-order valence-electron chi connectivity index (χ0n) is 15.0. The van der Waals surface area contributed by atoms with E-state index in [2.05, 4.69) is 0 Å². The fraction of sp³-hybridized carbons (Fsp3) is 0.182. The Bertz CT molecular complexity index is 1170. The van der Waals surface area contributed by atoms with Crippen molar-refractivity contribution in [3.8, 4) is 0 Å². The summed E-state index contributed by atoms with van der Waals surface area (Å²) in [5.41, 5.74) is 0.531. The second-order valence-corrected chi connectivity index (χ2v) is 8.82. The van der Waals surface area contributed by atoms with Gasteiger partial charge in [-0.2, -0.15) is 0 Å². The van der Waals surface area contributed by atoms with E-state index in [0.717, 1.165) is 20.2 Å². The number of thiophene rings is 2. The van der Waals surface area contributed by atoms with E-state index < -0.39 is 0 Å². The second kappa shape index (κ2) is 7.13. The van der Waals surface area contributed by atoms with Crippen molar-refractivity contribution < 1.29 is 14.3 Å². The van der Waals surface area contributed by atoms with Crippen LogP contribution in [-0.4, -0.2) is 42.9 Å². The number of amides is 1. The maximum atomic E-state index is 13.5. The van der Waals surface area contributed by atoms with Crippen molar-refractivity contribution in [3.63, 3.8) is 0 Å². The van der Waals surface area contributed by atoms with E-state index in [1.807, 2.05) is 54.6 Å². The summed E-state index contributed by atoms with van der Waals surface area (Å²) >= 11 is 2.89. The molecule has 0 N–H and O–H groups in total. The van der Waals surface area contributed by atoms with E-state index in [-0.39, 0.29) is 11.7 Å². The van der Waals surface area contributed by atoms with E-state index in [4.69, 9.17) is 4.74 Å². The highest BCUT2D eigenvalue weighted by Crippen LogP contribution is 2.36. The number of ketones is 1. The number of morpholine rings is 1. The van der Waals surface area contributed by atoms with Gasteiger partial charge in [0.2, 0.25) is 5.78 Å². The van der Waals surface area contributed by atoms with E-state index >= 15 is 0 Å². The lowest BCUT2D eigenvalue weighted by molar-refractivity contribution is 0.0305. The standard InChI is InChI=1S/C22H17NO3S2/c24-20(18-13-14-5-1-3-7-16(14)27-18)19-15-6-2-4-8-17(15)28-21(19)22(25)23-9-11-26-12-10-23/h1-8,13H,9-12H2. The molecule has 0 saturated carbocycles. The van der Waals surface area contributed by atoms with E-state index in [9.17, 15) is 9.59 Å². The maximum Gasteiger partial charge on any atom is 0.264 e. The van der Waals surface area contributed by atoms with Gasteiger partial charge in [0.25, 0.3) is 5.91 Å². The van der Waals surface area contributed by atoms with Crippen molar-refractivity contribution in [2.24, 2.45) is 0 Å². The van der Waals surface area contributed by atoms with Crippen molar-refractivity contribution in [2.75, 3.05) is 26.3 Å². The zero-order valence-corrected chi connectivity index (χ0v) is 16.6. The molecule has 4 nitrogen and oxygen atoms in total. The molecule has 1 fully saturated rings. The van der Waals surface area contributed by atoms with Crippen molar-refractivity contribution in [3.05, 3.63) is 69.9 Å². The molecule has 1 aliphatic heterocycles. The number of ether oxygens (including phenoxy) is 1. The molecule has 1 saturated heterocycles. The lowest BCUT2D eigenvalue weighted by Gasteiger charge is -2.26. The van der Waals surface area contributed by atoms with Gasteiger partial charge in [-0.05, 0) is 23.6 Å². The SMILES string of the molecule is O=C(c1cc2ccccc2s1)c1c(C(=O)N2CCOCC2)sc2ccccc12. The van der Waals surface area contributed by atoms with E-state index in [1.165, 1.54) is 22.7 Å². The van der Waals surface area contributed by atoms with Crippen LogP contribution in [0.5, 0.6) is 0 Å². The van der Waals surface area contributed by atoms with Crippen molar-refractivity contribution in [2.45, 2.75) is 0 Å². The van der Waals surface area contributed by atoms with Gasteiger partial charge < -0.3 is 9.64 Å². The third kappa shape index (κ3) is 2.94. The Morgan fingerprint density at radius 1 is 0.893 bits per heavy atom. The number of carbonyl (C=O) groups excluding carboxylic acids is 2. The first-order valence-electron chi connectivity index (χ1n) is 9.14. The molecule has 0 spiro atoms. The summed E-state index contributed by atoms with van der Waals surface area (Å²) in [6.45, 7) is 2.19. The van der Waals surface area contributed by atoms with Gasteiger partial charge in [0.1, 0.15) is 4.88 Å². The molecule has 140 valence electrons. The molecule has 0 aliphatic carbocycles. The Kier molecular flexibility index (Phi) is 4.47.